The highest BCUT2D eigenvalue weighted by Crippen LogP contribution is 2.50. The van der Waals surface area contributed by atoms with Gasteiger partial charge in [-0.2, -0.15) is 0 Å². The number of likely N-dealkylation sites (tertiary alicyclic amines) is 1. The summed E-state index contributed by atoms with van der Waals surface area (Å²) in [5.74, 6) is -4.82. The van der Waals surface area contributed by atoms with Crippen molar-refractivity contribution in [2.24, 2.45) is 11.8 Å². The van der Waals surface area contributed by atoms with Gasteiger partial charge in [-0.25, -0.2) is 30.7 Å². The lowest BCUT2D eigenvalue weighted by Crippen LogP contribution is -2.53. The molecule has 0 bridgehead atoms. The number of rotatable bonds is 8. The van der Waals surface area contributed by atoms with Crippen LogP contribution in [0.1, 0.15) is 27.5 Å². The molecule has 5 rings (SSSR count). The number of halogens is 4. The van der Waals surface area contributed by atoms with Gasteiger partial charge in [0.25, 0.3) is 5.91 Å². The summed E-state index contributed by atoms with van der Waals surface area (Å²) in [6, 6.07) is 1.33. The Balaban J connectivity index is 1.54. The van der Waals surface area contributed by atoms with E-state index in [0.717, 1.165) is 17.0 Å². The molecule has 5 atom stereocenters. The quantitative estimate of drug-likeness (QED) is 0.531. The van der Waals surface area contributed by atoms with Gasteiger partial charge in [-0.15, -0.1) is 0 Å². The van der Waals surface area contributed by atoms with E-state index in [0.29, 0.717) is 18.9 Å². The normalized spacial score (nSPS) is 28.8. The molecule has 35 heavy (non-hydrogen) atoms. The smallest absolute Gasteiger partial charge is 0.252 e. The van der Waals surface area contributed by atoms with E-state index in [1.165, 1.54) is 18.2 Å². The van der Waals surface area contributed by atoms with E-state index >= 15 is 4.39 Å². The van der Waals surface area contributed by atoms with Crippen molar-refractivity contribution in [3.8, 4) is 11.1 Å². The number of benzene rings is 2. The second-order valence-electron chi connectivity index (χ2n) is 9.24. The molecule has 3 fully saturated rings. The summed E-state index contributed by atoms with van der Waals surface area (Å²) < 4.78 is 99.2. The summed E-state index contributed by atoms with van der Waals surface area (Å²) in [7, 11) is -4.49. The minimum absolute atomic E-state index is 0.0304. The van der Waals surface area contributed by atoms with E-state index in [4.69, 9.17) is 2.74 Å². The number of carbonyl (C=O) groups excluding carboxylic acids is 1. The second kappa shape index (κ2) is 8.86. The van der Waals surface area contributed by atoms with Crippen LogP contribution in [0.5, 0.6) is 0 Å². The van der Waals surface area contributed by atoms with Gasteiger partial charge in [-0.1, -0.05) is 18.2 Å². The molecule has 1 aliphatic heterocycles. The van der Waals surface area contributed by atoms with E-state index in [9.17, 15) is 31.5 Å². The van der Waals surface area contributed by atoms with E-state index in [1.54, 1.807) is 0 Å². The number of piperidine rings is 1. The van der Waals surface area contributed by atoms with Crippen molar-refractivity contribution < 1.29 is 38.6 Å². The number of aliphatic hydroxyl groups is 1. The molecule has 1 heterocycles. The molecule has 2 N–H and O–H groups in total. The molecule has 1 saturated heterocycles. The first-order valence-corrected chi connectivity index (χ1v) is 12.8. The number of alkyl halides is 1. The van der Waals surface area contributed by atoms with Gasteiger partial charge in [-0.3, -0.25) is 4.79 Å². The zero-order chi connectivity index (χ0) is 26.9. The molecule has 2 aromatic carbocycles. The van der Waals surface area contributed by atoms with Gasteiger partial charge >= 0.3 is 0 Å². The zero-order valence-electron chi connectivity index (χ0n) is 20.3. The van der Waals surface area contributed by atoms with Crippen molar-refractivity contribution in [2.45, 2.75) is 49.9 Å². The van der Waals surface area contributed by atoms with Gasteiger partial charge in [0.15, 0.2) is 0 Å². The lowest BCUT2D eigenvalue weighted by Gasteiger charge is -2.33. The molecule has 6 nitrogen and oxygen atoms in total. The van der Waals surface area contributed by atoms with Crippen molar-refractivity contribution in [1.29, 1.82) is 0 Å². The van der Waals surface area contributed by atoms with Crippen LogP contribution in [0.25, 0.3) is 11.1 Å². The molecule has 2 aromatic rings. The maximum atomic E-state index is 15.6. The molecule has 4 unspecified atom stereocenters. The fourth-order valence-electron chi connectivity index (χ4n) is 4.89. The maximum Gasteiger partial charge on any atom is 0.252 e. The van der Waals surface area contributed by atoms with Crippen LogP contribution in [0.3, 0.4) is 0 Å². The lowest BCUT2D eigenvalue weighted by atomic mass is 9.94. The van der Waals surface area contributed by atoms with Crippen LogP contribution in [-0.4, -0.2) is 54.6 Å². The number of amides is 1. The molecule has 2 aliphatic carbocycles. The molecule has 3 aliphatic rings. The molecule has 188 valence electrons. The van der Waals surface area contributed by atoms with Crippen LogP contribution < -0.4 is 4.72 Å². The summed E-state index contributed by atoms with van der Waals surface area (Å²) in [5.41, 5.74) is -0.238. The van der Waals surface area contributed by atoms with Gasteiger partial charge in [0.1, 0.15) is 23.6 Å². The van der Waals surface area contributed by atoms with Crippen LogP contribution in [0.15, 0.2) is 36.4 Å². The summed E-state index contributed by atoms with van der Waals surface area (Å²) in [6.07, 6.45) is -2.54. The molecule has 0 aromatic heterocycles. The van der Waals surface area contributed by atoms with Crippen molar-refractivity contribution >= 4 is 15.9 Å². The first kappa shape index (κ1) is 21.8. The van der Waals surface area contributed by atoms with Gasteiger partial charge < -0.3 is 10.0 Å². The topological polar surface area (TPSA) is 86.7 Å². The fraction of sp³-hybridized carbons (Fsp3) is 0.458. The minimum atomic E-state index is -4.49. The third-order valence-electron chi connectivity index (χ3n) is 6.77. The Kier molecular flexibility index (Phi) is 5.51. The molecule has 11 heteroatoms. The number of fused-ring (bicyclic) bond motifs is 1. The standard InChI is InChI=1S/C24H24F4N2O4S/c25-11-35(33,34)29-22-18-10-19(18)30(24(32)23(31)12-4-5-12)20(22)8-13-2-1-3-17(21(13)28)14-6-15(26)9-16(27)7-14/h1-3,6-7,9,12,18-20,22-23,29,31H,4-5,8,10-11H2/t18?,19?,20?,22?,23-/m1/s1/i10D2. The molecular weight excluding hydrogens is 488 g/mol. The number of carbonyl (C=O) groups is 1. The van der Waals surface area contributed by atoms with Gasteiger partial charge in [-0.05, 0) is 60.7 Å². The third kappa shape index (κ3) is 4.68. The number of nitrogens with zero attached hydrogens (tertiary/aromatic N) is 1. The summed E-state index contributed by atoms with van der Waals surface area (Å²) >= 11 is 0. The largest absolute Gasteiger partial charge is 0.383 e. The number of sulfonamides is 1. The predicted octanol–water partition coefficient (Wildman–Crippen LogP) is 2.90. The van der Waals surface area contributed by atoms with Crippen molar-refractivity contribution in [3.05, 3.63) is 59.4 Å². The average molecular weight is 515 g/mol. The van der Waals surface area contributed by atoms with Crippen LogP contribution >= 0.6 is 0 Å². The zero-order valence-corrected chi connectivity index (χ0v) is 19.1. The second-order valence-corrected chi connectivity index (χ2v) is 10.9. The van der Waals surface area contributed by atoms with E-state index in [-0.39, 0.29) is 29.0 Å². The van der Waals surface area contributed by atoms with Gasteiger partial charge in [0, 0.05) is 26.5 Å². The predicted molar refractivity (Wildman–Crippen MR) is 119 cm³/mol. The Labute approximate surface area is 202 Å². The Bertz CT molecular complexity index is 1340. The third-order valence-corrected chi connectivity index (χ3v) is 7.69. The Morgan fingerprint density at radius 3 is 2.51 bits per heavy atom. The summed E-state index contributed by atoms with van der Waals surface area (Å²) in [6.45, 7) is 0. The highest BCUT2D eigenvalue weighted by molar-refractivity contribution is 7.89. The van der Waals surface area contributed by atoms with Gasteiger partial charge in [0.2, 0.25) is 16.0 Å². The molecule has 2 saturated carbocycles. The Morgan fingerprint density at radius 1 is 1.20 bits per heavy atom. The van der Waals surface area contributed by atoms with Crippen molar-refractivity contribution in [1.82, 2.24) is 9.62 Å². The van der Waals surface area contributed by atoms with Crippen molar-refractivity contribution in [2.75, 3.05) is 6.01 Å². The number of hydrogen-bond acceptors (Lipinski definition) is 4. The van der Waals surface area contributed by atoms with Gasteiger partial charge in [0.05, 0.1) is 6.04 Å². The van der Waals surface area contributed by atoms with Crippen LogP contribution in [0, 0.1) is 29.3 Å². The van der Waals surface area contributed by atoms with E-state index < -0.39 is 75.9 Å². The van der Waals surface area contributed by atoms with Crippen molar-refractivity contribution in [3.63, 3.8) is 0 Å². The monoisotopic (exact) mass is 514 g/mol. The number of nitrogens with one attached hydrogen (secondary N) is 1. The highest BCUT2D eigenvalue weighted by atomic mass is 32.2. The average Bonchev–Trinajstić information content (AvgIpc) is 3.72. The lowest BCUT2D eigenvalue weighted by molar-refractivity contribution is -0.143. The van der Waals surface area contributed by atoms with Crippen LogP contribution in [-0.2, 0) is 21.2 Å². The molecule has 1 amide bonds. The Hall–Kier alpha value is -2.50. The highest BCUT2D eigenvalue weighted by Gasteiger charge is 2.62. The molecule has 0 spiro atoms. The SMILES string of the molecule is [2H]C1([2H])C2C(NS(=O)(=O)CF)C(Cc3cccc(-c4cc(F)cc(F)c4)c3F)N(C(=O)[C@H](O)C3CC3)C21. The summed E-state index contributed by atoms with van der Waals surface area (Å²) in [4.78, 5) is 14.3. The fourth-order valence-corrected chi connectivity index (χ4v) is 5.67. The molecular formula is C24H24F4N2O4S. The minimum Gasteiger partial charge on any atom is -0.383 e. The number of aliphatic hydroxyl groups excluding tert-OH is 1. The molecule has 0 radical (unpaired) electrons. The maximum absolute atomic E-state index is 15.6. The summed E-state index contributed by atoms with van der Waals surface area (Å²) in [5, 5.41) is 10.5. The first-order chi connectivity index (χ1) is 17.4. The van der Waals surface area contributed by atoms with Crippen LogP contribution in [0.4, 0.5) is 17.6 Å². The number of hydrogen-bond donors (Lipinski definition) is 2. The first-order valence-electron chi connectivity index (χ1n) is 12.2. The van der Waals surface area contributed by atoms with E-state index in [2.05, 4.69) is 4.72 Å². The van der Waals surface area contributed by atoms with Crippen LogP contribution in [0.2, 0.25) is 0 Å². The van der Waals surface area contributed by atoms with E-state index in [1.807, 2.05) is 0 Å². The Morgan fingerprint density at radius 2 is 1.89 bits per heavy atom.